The molecule has 2 aromatic heterocycles. The van der Waals surface area contributed by atoms with E-state index in [2.05, 4.69) is 37.0 Å². The van der Waals surface area contributed by atoms with E-state index in [1.165, 1.54) is 72.4 Å². The van der Waals surface area contributed by atoms with Crippen molar-refractivity contribution in [1.29, 1.82) is 0 Å². The number of hydrogen-bond donors (Lipinski definition) is 4. The predicted molar refractivity (Wildman–Crippen MR) is 190 cm³/mol. The monoisotopic (exact) mass is 638 g/mol. The Morgan fingerprint density at radius 1 is 0.659 bits per heavy atom. The molecule has 0 saturated carbocycles. The quantitative estimate of drug-likeness (QED) is 0.0382. The zero-order valence-electron chi connectivity index (χ0n) is 26.5. The zero-order chi connectivity index (χ0) is 32.4. The number of aliphatic imine (C=N–C) groups is 1. The molecule has 0 unspecified atom stereocenters. The van der Waals surface area contributed by atoms with Gasteiger partial charge in [0.1, 0.15) is 11.5 Å². The Balaban J connectivity index is 0.000000344. The molecule has 6 nitrogen and oxygen atoms in total. The van der Waals surface area contributed by atoms with Crippen LogP contribution in [0.15, 0.2) is 77.8 Å². The molecule has 0 amide bonds. The number of phenols is 2. The molecule has 2 heterocycles. The number of phenolic OH excluding ortho intramolecular Hbond substituents is 2. The van der Waals surface area contributed by atoms with E-state index in [9.17, 15) is 9.90 Å². The summed E-state index contributed by atoms with van der Waals surface area (Å²) in [7, 11) is 0. The van der Waals surface area contributed by atoms with Gasteiger partial charge in [0.25, 0.3) is 0 Å². The summed E-state index contributed by atoms with van der Waals surface area (Å²) in [5.41, 5.74) is 6.85. The number of carbonyl (C=O) groups is 1. The molecule has 2 aromatic carbocycles. The molecule has 0 saturated heterocycles. The van der Waals surface area contributed by atoms with Gasteiger partial charge in [-0.25, -0.2) is 0 Å². The van der Waals surface area contributed by atoms with Crippen LogP contribution in [0.3, 0.4) is 0 Å². The van der Waals surface area contributed by atoms with E-state index < -0.39 is 0 Å². The highest BCUT2D eigenvalue weighted by Gasteiger charge is 1.99. The first-order valence-corrected chi connectivity index (χ1v) is 17.1. The second-order valence-electron chi connectivity index (χ2n) is 10.0. The number of aryl methyl sites for hydroxylation is 2. The van der Waals surface area contributed by atoms with E-state index in [0.717, 1.165) is 23.3 Å². The van der Waals surface area contributed by atoms with Crippen LogP contribution in [-0.2, 0) is 12.8 Å². The van der Waals surface area contributed by atoms with Crippen LogP contribution >= 0.6 is 22.7 Å². The molecule has 0 fully saturated rings. The average Bonchev–Trinajstić information content (AvgIpc) is 3.69. The normalized spacial score (nSPS) is 10.2. The van der Waals surface area contributed by atoms with Crippen LogP contribution in [0, 0.1) is 0 Å². The standard InChI is InChI=1S/C17H21NOS.C11H16OS.C6H7NO.C2H6O/c1-2-3-4-5-6-16-11-12-17(20-16)13-18-14-7-9-15(19)10-8-14;1-2-3-4-5-6-10-7-8-11(9-12)13-10;7-5-1-3-6(8)4-2-5;1-2-3/h7-13,19H,2-6H2,1H3;7-9H,2-6H2,1H3;1-4,8H,7H2;3H,2H2,1H3. The molecule has 0 spiro atoms. The van der Waals surface area contributed by atoms with Crippen LogP contribution in [0.25, 0.3) is 0 Å². The summed E-state index contributed by atoms with van der Waals surface area (Å²) in [5.74, 6) is 0.522. The first-order valence-electron chi connectivity index (χ1n) is 15.5. The van der Waals surface area contributed by atoms with Crippen LogP contribution in [-0.4, -0.2) is 34.4 Å². The molecule has 0 atom stereocenters. The molecular formula is C36H50N2O4S2. The summed E-state index contributed by atoms with van der Waals surface area (Å²) in [5, 5.41) is 25.5. The number of benzene rings is 2. The van der Waals surface area contributed by atoms with Crippen LogP contribution in [0.5, 0.6) is 11.5 Å². The molecule has 0 aliphatic rings. The minimum atomic E-state index is 0.249. The Hall–Kier alpha value is -3.46. The summed E-state index contributed by atoms with van der Waals surface area (Å²) < 4.78 is 0. The number of carbonyl (C=O) groups excluding carboxylic acids is 1. The van der Waals surface area contributed by atoms with Gasteiger partial charge in [-0.2, -0.15) is 0 Å². The van der Waals surface area contributed by atoms with E-state index >= 15 is 0 Å². The lowest BCUT2D eigenvalue weighted by Crippen LogP contribution is -1.80. The van der Waals surface area contributed by atoms with E-state index in [-0.39, 0.29) is 18.1 Å². The van der Waals surface area contributed by atoms with Gasteiger partial charge in [-0.3, -0.25) is 9.79 Å². The lowest BCUT2D eigenvalue weighted by Gasteiger charge is -1.96. The predicted octanol–water partition coefficient (Wildman–Crippen LogP) is 9.98. The number of nitrogens with two attached hydrogens (primary N) is 1. The van der Waals surface area contributed by atoms with Crippen molar-refractivity contribution in [2.24, 2.45) is 4.99 Å². The maximum absolute atomic E-state index is 10.4. The van der Waals surface area contributed by atoms with Gasteiger partial charge in [0.2, 0.25) is 0 Å². The number of rotatable bonds is 13. The summed E-state index contributed by atoms with van der Waals surface area (Å²) in [6, 6.07) is 21.6. The fraction of sp³-hybridized carbons (Fsp3) is 0.389. The third-order valence-electron chi connectivity index (χ3n) is 6.12. The van der Waals surface area contributed by atoms with Gasteiger partial charge in [0, 0.05) is 33.1 Å². The van der Waals surface area contributed by atoms with Crippen LogP contribution in [0.2, 0.25) is 0 Å². The van der Waals surface area contributed by atoms with Gasteiger partial charge < -0.3 is 21.1 Å². The Kier molecular flexibility index (Phi) is 21.8. The van der Waals surface area contributed by atoms with Crippen molar-refractivity contribution in [3.05, 3.63) is 92.3 Å². The van der Waals surface area contributed by atoms with Crippen molar-refractivity contribution in [2.45, 2.75) is 85.0 Å². The van der Waals surface area contributed by atoms with Gasteiger partial charge in [-0.1, -0.05) is 52.4 Å². The van der Waals surface area contributed by atoms with E-state index in [1.54, 1.807) is 54.7 Å². The Bertz CT molecular complexity index is 1260. The Labute approximate surface area is 272 Å². The summed E-state index contributed by atoms with van der Waals surface area (Å²) in [6.07, 6.45) is 15.5. The largest absolute Gasteiger partial charge is 0.508 e. The number of unbranched alkanes of at least 4 members (excludes halogenated alkanes) is 6. The highest BCUT2D eigenvalue weighted by atomic mass is 32.1. The molecule has 0 radical (unpaired) electrons. The fourth-order valence-corrected chi connectivity index (χ4v) is 5.59. The van der Waals surface area contributed by atoms with Crippen molar-refractivity contribution in [1.82, 2.24) is 0 Å². The Morgan fingerprint density at radius 3 is 1.55 bits per heavy atom. The number of aldehydes is 1. The summed E-state index contributed by atoms with van der Waals surface area (Å²) >= 11 is 3.44. The molecular weight excluding hydrogens is 589 g/mol. The first-order chi connectivity index (χ1) is 21.3. The Morgan fingerprint density at radius 2 is 1.11 bits per heavy atom. The van der Waals surface area contributed by atoms with Crippen molar-refractivity contribution in [3.63, 3.8) is 0 Å². The number of nitrogen functional groups attached to an aromatic ring is 1. The van der Waals surface area contributed by atoms with E-state index in [4.69, 9.17) is 15.9 Å². The van der Waals surface area contributed by atoms with Gasteiger partial charge in [0.05, 0.1) is 10.6 Å². The van der Waals surface area contributed by atoms with Crippen LogP contribution in [0.1, 0.15) is 96.4 Å². The second-order valence-corrected chi connectivity index (χ2v) is 12.4. The summed E-state index contributed by atoms with van der Waals surface area (Å²) in [4.78, 5) is 19.6. The van der Waals surface area contributed by atoms with Crippen molar-refractivity contribution in [3.8, 4) is 11.5 Å². The number of thiophene rings is 2. The minimum absolute atomic E-state index is 0.249. The lowest BCUT2D eigenvalue weighted by molar-refractivity contribution is 0.112. The highest BCUT2D eigenvalue weighted by Crippen LogP contribution is 2.21. The SMILES string of the molecule is CCCCCCc1ccc(C=Nc2ccc(O)cc2)s1.CCCCCCc1ccc(C=O)s1.CCO.Nc1ccc(O)cc1. The average molecular weight is 639 g/mol. The van der Waals surface area contributed by atoms with Gasteiger partial charge in [-0.05, 0) is 105 Å². The third-order valence-corrected chi connectivity index (χ3v) is 8.27. The fourth-order valence-electron chi connectivity index (χ4n) is 3.79. The maximum atomic E-state index is 10.4. The van der Waals surface area contributed by atoms with Crippen molar-refractivity contribution < 1.29 is 20.1 Å². The number of aliphatic hydroxyl groups is 1. The van der Waals surface area contributed by atoms with E-state index in [1.807, 2.05) is 35.8 Å². The molecule has 4 aromatic rings. The molecule has 0 bridgehead atoms. The molecule has 8 heteroatoms. The summed E-state index contributed by atoms with van der Waals surface area (Å²) in [6.45, 7) is 6.39. The molecule has 44 heavy (non-hydrogen) atoms. The highest BCUT2D eigenvalue weighted by molar-refractivity contribution is 7.14. The number of nitrogens with zero attached hydrogens (tertiary/aromatic N) is 1. The number of anilines is 1. The molecule has 0 aliphatic heterocycles. The number of hydrogen-bond acceptors (Lipinski definition) is 8. The second kappa shape index (κ2) is 24.9. The van der Waals surface area contributed by atoms with Crippen LogP contribution < -0.4 is 5.73 Å². The van der Waals surface area contributed by atoms with Gasteiger partial charge in [-0.15, -0.1) is 22.7 Å². The van der Waals surface area contributed by atoms with Crippen LogP contribution in [0.4, 0.5) is 11.4 Å². The number of aliphatic hydroxyl groups excluding tert-OH is 1. The van der Waals surface area contributed by atoms with E-state index in [0.29, 0.717) is 5.69 Å². The smallest absolute Gasteiger partial charge is 0.160 e. The molecule has 0 aliphatic carbocycles. The molecule has 4 rings (SSSR count). The van der Waals surface area contributed by atoms with Crippen molar-refractivity contribution in [2.75, 3.05) is 12.3 Å². The maximum Gasteiger partial charge on any atom is 0.160 e. The van der Waals surface area contributed by atoms with Gasteiger partial charge >= 0.3 is 0 Å². The third kappa shape index (κ3) is 18.9. The lowest BCUT2D eigenvalue weighted by atomic mass is 10.1. The zero-order valence-corrected chi connectivity index (χ0v) is 28.1. The topological polar surface area (TPSA) is 116 Å². The minimum Gasteiger partial charge on any atom is -0.508 e. The molecule has 240 valence electrons. The molecule has 5 N–H and O–H groups in total. The first kappa shape index (κ1) is 38.6. The number of aromatic hydroxyl groups is 2. The van der Waals surface area contributed by atoms with Gasteiger partial charge in [0.15, 0.2) is 6.29 Å². The van der Waals surface area contributed by atoms with Crippen molar-refractivity contribution >= 4 is 46.5 Å².